The molecule has 356 valence electrons. The predicted octanol–water partition coefficient (Wildman–Crippen LogP) is 13.8. The van der Waals surface area contributed by atoms with Crippen LogP contribution in [0.5, 0.6) is 0 Å². The van der Waals surface area contributed by atoms with E-state index in [1.165, 1.54) is 122 Å². The lowest BCUT2D eigenvalue weighted by molar-refractivity contribution is -0.870. The van der Waals surface area contributed by atoms with Gasteiger partial charge in [-0.2, -0.15) is 0 Å². The summed E-state index contributed by atoms with van der Waals surface area (Å²) >= 11 is 0. The molecule has 0 amide bonds. The fourth-order valence-electron chi connectivity index (χ4n) is 6.93. The molecular formula is C52H96NO8+. The van der Waals surface area contributed by atoms with E-state index in [9.17, 15) is 19.5 Å². The van der Waals surface area contributed by atoms with Gasteiger partial charge in [0.25, 0.3) is 6.29 Å². The fourth-order valence-corrected chi connectivity index (χ4v) is 6.93. The summed E-state index contributed by atoms with van der Waals surface area (Å²) in [6.07, 6.45) is 47.8. The SMILES string of the molecule is CCC/C=C\C/C=C\CCCCCCCC(=O)OC(COC(=O)CCCCCCCCCCCCC/C=C\CCCCCCCCCC)COC(OCC[N+](C)(C)C)C(=O)O. The topological polar surface area (TPSA) is 108 Å². The molecule has 0 aliphatic carbocycles. The Hall–Kier alpha value is -2.49. The van der Waals surface area contributed by atoms with E-state index in [4.69, 9.17) is 18.9 Å². The van der Waals surface area contributed by atoms with Gasteiger partial charge in [0.1, 0.15) is 13.2 Å². The number of hydrogen-bond acceptors (Lipinski definition) is 7. The number of esters is 2. The number of carboxylic acids is 1. The first-order valence-electron chi connectivity index (χ1n) is 25.2. The van der Waals surface area contributed by atoms with Crippen molar-refractivity contribution in [3.05, 3.63) is 36.5 Å². The van der Waals surface area contributed by atoms with Crippen LogP contribution in [0.2, 0.25) is 0 Å². The van der Waals surface area contributed by atoms with Crippen LogP contribution in [0.1, 0.15) is 219 Å². The average Bonchev–Trinajstić information content (AvgIpc) is 3.22. The summed E-state index contributed by atoms with van der Waals surface area (Å²) in [5, 5.41) is 9.65. The highest BCUT2D eigenvalue weighted by molar-refractivity contribution is 5.71. The summed E-state index contributed by atoms with van der Waals surface area (Å²) in [4.78, 5) is 37.2. The minimum Gasteiger partial charge on any atom is -0.477 e. The summed E-state index contributed by atoms with van der Waals surface area (Å²) in [6, 6.07) is 0. The van der Waals surface area contributed by atoms with Crippen molar-refractivity contribution >= 4 is 17.9 Å². The molecule has 0 saturated carbocycles. The van der Waals surface area contributed by atoms with Crippen molar-refractivity contribution in [3.63, 3.8) is 0 Å². The van der Waals surface area contributed by atoms with E-state index in [0.717, 1.165) is 64.2 Å². The van der Waals surface area contributed by atoms with E-state index in [1.807, 2.05) is 21.1 Å². The second-order valence-corrected chi connectivity index (χ2v) is 18.1. The Morgan fingerprint density at radius 1 is 0.492 bits per heavy atom. The van der Waals surface area contributed by atoms with Crippen molar-refractivity contribution < 1.29 is 42.9 Å². The number of carboxylic acid groups (broad SMARTS) is 1. The van der Waals surface area contributed by atoms with Crippen LogP contribution in [-0.4, -0.2) is 87.4 Å². The van der Waals surface area contributed by atoms with Crippen molar-refractivity contribution in [1.29, 1.82) is 0 Å². The Morgan fingerprint density at radius 3 is 1.38 bits per heavy atom. The monoisotopic (exact) mass is 863 g/mol. The largest absolute Gasteiger partial charge is 0.477 e. The molecule has 2 atom stereocenters. The van der Waals surface area contributed by atoms with Crippen LogP contribution in [0.25, 0.3) is 0 Å². The van der Waals surface area contributed by atoms with E-state index in [1.54, 1.807) is 0 Å². The normalized spacial score (nSPS) is 13.1. The van der Waals surface area contributed by atoms with Gasteiger partial charge in [-0.15, -0.1) is 0 Å². The second-order valence-electron chi connectivity index (χ2n) is 18.1. The molecule has 0 bridgehead atoms. The zero-order valence-electron chi connectivity index (χ0n) is 40.3. The number of likely N-dealkylation sites (N-methyl/N-ethyl adjacent to an activating group) is 1. The highest BCUT2D eigenvalue weighted by Gasteiger charge is 2.25. The first-order valence-corrected chi connectivity index (χ1v) is 25.2. The molecule has 0 fully saturated rings. The van der Waals surface area contributed by atoms with Crippen LogP contribution >= 0.6 is 0 Å². The third-order valence-electron chi connectivity index (χ3n) is 10.9. The van der Waals surface area contributed by atoms with Crippen LogP contribution in [0.4, 0.5) is 0 Å². The number of carbonyl (C=O) groups excluding carboxylic acids is 2. The highest BCUT2D eigenvalue weighted by atomic mass is 16.7. The van der Waals surface area contributed by atoms with Crippen LogP contribution in [0.15, 0.2) is 36.5 Å². The first kappa shape index (κ1) is 58.5. The molecule has 2 unspecified atom stereocenters. The van der Waals surface area contributed by atoms with Gasteiger partial charge in [0.15, 0.2) is 6.10 Å². The number of hydrogen-bond donors (Lipinski definition) is 1. The molecule has 0 aromatic rings. The Balaban J connectivity index is 4.27. The molecule has 9 nitrogen and oxygen atoms in total. The lowest BCUT2D eigenvalue weighted by Crippen LogP contribution is -2.40. The molecule has 9 heteroatoms. The Bertz CT molecular complexity index is 1100. The van der Waals surface area contributed by atoms with E-state index in [0.29, 0.717) is 23.9 Å². The molecule has 0 heterocycles. The van der Waals surface area contributed by atoms with E-state index >= 15 is 0 Å². The number of nitrogens with zero attached hydrogens (tertiary/aromatic N) is 1. The third-order valence-corrected chi connectivity index (χ3v) is 10.9. The number of aliphatic carboxylic acids is 1. The standard InChI is InChI=1S/C52H95NO8/c1-6-8-10-12-14-16-18-20-21-22-23-24-25-26-27-28-29-31-32-34-36-38-40-42-49(54)59-46-48(47-60-52(51(56)57)58-45-44-53(3,4)5)61-50(55)43-41-39-37-35-33-30-19-17-15-13-11-9-7-2/h11,13,17,19,22-23,48,52H,6-10,12,14-16,18,20-21,24-47H2,1-5H3/p+1/b13-11-,19-17-,23-22-. The van der Waals surface area contributed by atoms with Gasteiger partial charge in [0.05, 0.1) is 34.4 Å². The fraction of sp³-hybridized carbons (Fsp3) is 0.827. The van der Waals surface area contributed by atoms with Gasteiger partial charge in [0, 0.05) is 12.8 Å². The molecular weight excluding hydrogens is 767 g/mol. The predicted molar refractivity (Wildman–Crippen MR) is 254 cm³/mol. The van der Waals surface area contributed by atoms with Crippen molar-refractivity contribution in [2.24, 2.45) is 0 Å². The Kier molecular flexibility index (Phi) is 42.3. The molecule has 0 aliphatic heterocycles. The van der Waals surface area contributed by atoms with Gasteiger partial charge in [-0.25, -0.2) is 4.79 Å². The van der Waals surface area contributed by atoms with Gasteiger partial charge in [-0.3, -0.25) is 9.59 Å². The zero-order chi connectivity index (χ0) is 44.9. The van der Waals surface area contributed by atoms with Crippen LogP contribution in [0.3, 0.4) is 0 Å². The van der Waals surface area contributed by atoms with Crippen molar-refractivity contribution in [2.75, 3.05) is 47.5 Å². The first-order chi connectivity index (χ1) is 29.6. The number of allylic oxidation sites excluding steroid dienone is 6. The zero-order valence-corrected chi connectivity index (χ0v) is 40.3. The summed E-state index contributed by atoms with van der Waals surface area (Å²) in [7, 11) is 5.95. The van der Waals surface area contributed by atoms with Crippen molar-refractivity contribution in [3.8, 4) is 0 Å². The molecule has 0 aromatic carbocycles. The van der Waals surface area contributed by atoms with Crippen LogP contribution < -0.4 is 0 Å². The van der Waals surface area contributed by atoms with Gasteiger partial charge in [0.2, 0.25) is 0 Å². The van der Waals surface area contributed by atoms with Crippen LogP contribution in [0, 0.1) is 0 Å². The minimum absolute atomic E-state index is 0.185. The Morgan fingerprint density at radius 2 is 0.918 bits per heavy atom. The maximum Gasteiger partial charge on any atom is 0.361 e. The quantitative estimate of drug-likeness (QED) is 0.0212. The highest BCUT2D eigenvalue weighted by Crippen LogP contribution is 2.15. The number of quaternary nitrogens is 1. The number of unbranched alkanes of at least 4 members (excludes halogenated alkanes) is 25. The van der Waals surface area contributed by atoms with Crippen LogP contribution in [-0.2, 0) is 33.3 Å². The third kappa shape index (κ3) is 45.4. The van der Waals surface area contributed by atoms with E-state index in [2.05, 4.69) is 50.3 Å². The molecule has 0 aromatic heterocycles. The maximum absolute atomic E-state index is 12.8. The van der Waals surface area contributed by atoms with Gasteiger partial charge in [-0.05, 0) is 64.2 Å². The number of carbonyl (C=O) groups is 3. The molecule has 0 radical (unpaired) electrons. The molecule has 0 spiro atoms. The molecule has 0 saturated heterocycles. The Labute approximate surface area is 375 Å². The lowest BCUT2D eigenvalue weighted by Gasteiger charge is -2.25. The van der Waals surface area contributed by atoms with E-state index in [-0.39, 0.29) is 32.2 Å². The molecule has 0 aliphatic rings. The van der Waals surface area contributed by atoms with E-state index < -0.39 is 24.3 Å². The smallest absolute Gasteiger partial charge is 0.361 e. The summed E-state index contributed by atoms with van der Waals surface area (Å²) in [5.74, 6) is -2.02. The van der Waals surface area contributed by atoms with Gasteiger partial charge < -0.3 is 28.5 Å². The maximum atomic E-state index is 12.8. The number of rotatable bonds is 46. The lowest BCUT2D eigenvalue weighted by atomic mass is 10.0. The summed E-state index contributed by atoms with van der Waals surface area (Å²) < 4.78 is 22.8. The summed E-state index contributed by atoms with van der Waals surface area (Å²) in [6.45, 7) is 4.80. The molecule has 61 heavy (non-hydrogen) atoms. The second kappa shape index (κ2) is 44.1. The minimum atomic E-state index is -1.51. The summed E-state index contributed by atoms with van der Waals surface area (Å²) in [5.41, 5.74) is 0. The number of ether oxygens (including phenoxy) is 4. The molecule has 1 N–H and O–H groups in total. The van der Waals surface area contributed by atoms with Crippen molar-refractivity contribution in [1.82, 2.24) is 0 Å². The average molecular weight is 863 g/mol. The molecule has 0 rings (SSSR count). The van der Waals surface area contributed by atoms with Crippen molar-refractivity contribution in [2.45, 2.75) is 232 Å². The van der Waals surface area contributed by atoms with Gasteiger partial charge in [-0.1, -0.05) is 179 Å². The van der Waals surface area contributed by atoms with Gasteiger partial charge >= 0.3 is 17.9 Å².